The summed E-state index contributed by atoms with van der Waals surface area (Å²) < 4.78 is 31.6. The standard InChI is InChI=1S/C25H34N2O4S/c1-18(2)26-22-11-14-24(27-25(28)31-16-20-7-5-4-6-8-20)21(15-22)17-32(29,30)23-12-9-19(3)10-13-23/h4-10,12-13,18,21-22,24,26H,11,14-17H2,1-3H3,(H,27,28). The minimum atomic E-state index is -3.47. The minimum Gasteiger partial charge on any atom is -0.445 e. The van der Waals surface area contributed by atoms with Crippen LogP contribution in [0.2, 0.25) is 0 Å². The highest BCUT2D eigenvalue weighted by Gasteiger charge is 2.35. The van der Waals surface area contributed by atoms with Crippen molar-refractivity contribution in [2.45, 2.75) is 69.7 Å². The lowest BCUT2D eigenvalue weighted by Crippen LogP contribution is -2.50. The summed E-state index contributed by atoms with van der Waals surface area (Å²) in [6.45, 7) is 6.29. The van der Waals surface area contributed by atoms with E-state index in [1.165, 1.54) is 0 Å². The fourth-order valence-corrected chi connectivity index (χ4v) is 5.98. The molecule has 3 rings (SSSR count). The maximum atomic E-state index is 13.1. The Morgan fingerprint density at radius 2 is 1.75 bits per heavy atom. The number of alkyl carbamates (subject to hydrolysis) is 1. The summed E-state index contributed by atoms with van der Waals surface area (Å²) in [6.07, 6.45) is 1.76. The first-order valence-corrected chi connectivity index (χ1v) is 12.9. The van der Waals surface area contributed by atoms with Gasteiger partial charge in [-0.25, -0.2) is 13.2 Å². The molecule has 1 amide bonds. The van der Waals surface area contributed by atoms with Crippen LogP contribution in [0.25, 0.3) is 0 Å². The van der Waals surface area contributed by atoms with Crippen LogP contribution >= 0.6 is 0 Å². The summed E-state index contributed by atoms with van der Waals surface area (Å²) in [6, 6.07) is 16.7. The van der Waals surface area contributed by atoms with Gasteiger partial charge in [0.25, 0.3) is 0 Å². The minimum absolute atomic E-state index is 0.00400. The molecule has 0 heterocycles. The smallest absolute Gasteiger partial charge is 0.407 e. The van der Waals surface area contributed by atoms with Crippen molar-refractivity contribution < 1.29 is 17.9 Å². The van der Waals surface area contributed by atoms with Crippen molar-refractivity contribution in [2.24, 2.45) is 5.92 Å². The van der Waals surface area contributed by atoms with Crippen molar-refractivity contribution in [2.75, 3.05) is 5.75 Å². The Labute approximate surface area is 191 Å². The molecule has 1 fully saturated rings. The molecule has 32 heavy (non-hydrogen) atoms. The second-order valence-electron chi connectivity index (χ2n) is 9.00. The van der Waals surface area contributed by atoms with Crippen LogP contribution in [0.5, 0.6) is 0 Å². The SMILES string of the molecule is Cc1ccc(S(=O)(=O)CC2CC(NC(C)C)CCC2NC(=O)OCc2ccccc2)cc1. The molecule has 0 radical (unpaired) electrons. The summed E-state index contributed by atoms with van der Waals surface area (Å²) in [5.74, 6) is -0.203. The Morgan fingerprint density at radius 3 is 2.41 bits per heavy atom. The summed E-state index contributed by atoms with van der Waals surface area (Å²) in [5, 5.41) is 6.47. The van der Waals surface area contributed by atoms with Gasteiger partial charge < -0.3 is 15.4 Å². The highest BCUT2D eigenvalue weighted by molar-refractivity contribution is 7.91. The van der Waals surface area contributed by atoms with Crippen molar-refractivity contribution in [3.63, 3.8) is 0 Å². The highest BCUT2D eigenvalue weighted by Crippen LogP contribution is 2.29. The normalized spacial score (nSPS) is 21.3. The number of ether oxygens (including phenoxy) is 1. The quantitative estimate of drug-likeness (QED) is 0.618. The van der Waals surface area contributed by atoms with E-state index in [9.17, 15) is 13.2 Å². The van der Waals surface area contributed by atoms with E-state index in [1.54, 1.807) is 12.1 Å². The number of hydrogen-bond donors (Lipinski definition) is 2. The van der Waals surface area contributed by atoms with E-state index in [1.807, 2.05) is 49.4 Å². The lowest BCUT2D eigenvalue weighted by molar-refractivity contribution is 0.125. The van der Waals surface area contributed by atoms with Crippen LogP contribution in [0, 0.1) is 12.8 Å². The highest BCUT2D eigenvalue weighted by atomic mass is 32.2. The lowest BCUT2D eigenvalue weighted by Gasteiger charge is -2.37. The number of amides is 1. The summed E-state index contributed by atoms with van der Waals surface area (Å²) in [5.41, 5.74) is 1.93. The van der Waals surface area contributed by atoms with Crippen LogP contribution in [0.3, 0.4) is 0 Å². The molecule has 0 aromatic heterocycles. The molecule has 2 aromatic rings. The molecule has 2 aromatic carbocycles. The zero-order valence-corrected chi connectivity index (χ0v) is 19.9. The van der Waals surface area contributed by atoms with E-state index in [2.05, 4.69) is 24.5 Å². The molecule has 7 heteroatoms. The topological polar surface area (TPSA) is 84.5 Å². The van der Waals surface area contributed by atoms with Crippen LogP contribution in [0.15, 0.2) is 59.5 Å². The second-order valence-corrected chi connectivity index (χ2v) is 11.0. The molecule has 0 saturated heterocycles. The maximum absolute atomic E-state index is 13.1. The third-order valence-electron chi connectivity index (χ3n) is 5.88. The van der Waals surface area contributed by atoms with Gasteiger partial charge >= 0.3 is 6.09 Å². The van der Waals surface area contributed by atoms with Gasteiger partial charge in [-0.1, -0.05) is 61.9 Å². The predicted molar refractivity (Wildman–Crippen MR) is 126 cm³/mol. The zero-order chi connectivity index (χ0) is 23.1. The zero-order valence-electron chi connectivity index (χ0n) is 19.1. The van der Waals surface area contributed by atoms with Gasteiger partial charge in [0, 0.05) is 18.1 Å². The first kappa shape index (κ1) is 24.3. The van der Waals surface area contributed by atoms with Gasteiger partial charge in [-0.3, -0.25) is 0 Å². The monoisotopic (exact) mass is 458 g/mol. The average molecular weight is 459 g/mol. The summed E-state index contributed by atoms with van der Waals surface area (Å²) in [4.78, 5) is 12.8. The van der Waals surface area contributed by atoms with Crippen LogP contribution < -0.4 is 10.6 Å². The number of carbonyl (C=O) groups is 1. The number of rotatable bonds is 8. The van der Waals surface area contributed by atoms with E-state index in [-0.39, 0.29) is 30.4 Å². The van der Waals surface area contributed by atoms with Gasteiger partial charge in [0.05, 0.1) is 10.6 Å². The van der Waals surface area contributed by atoms with Crippen molar-refractivity contribution in [3.8, 4) is 0 Å². The molecule has 0 aliphatic heterocycles. The molecule has 174 valence electrons. The Morgan fingerprint density at radius 1 is 1.06 bits per heavy atom. The fraction of sp³-hybridized carbons (Fsp3) is 0.480. The molecule has 1 aliphatic rings. The molecule has 1 aliphatic carbocycles. The number of hydrogen-bond acceptors (Lipinski definition) is 5. The van der Waals surface area contributed by atoms with E-state index in [0.29, 0.717) is 23.8 Å². The summed E-state index contributed by atoms with van der Waals surface area (Å²) in [7, 11) is -3.47. The molecule has 0 spiro atoms. The number of nitrogens with one attached hydrogen (secondary N) is 2. The van der Waals surface area contributed by atoms with Crippen LogP contribution in [0.4, 0.5) is 4.79 Å². The van der Waals surface area contributed by atoms with Crippen molar-refractivity contribution in [1.82, 2.24) is 10.6 Å². The molecule has 0 bridgehead atoms. The van der Waals surface area contributed by atoms with Gasteiger partial charge in [-0.05, 0) is 49.8 Å². The molecule has 6 nitrogen and oxygen atoms in total. The Hall–Kier alpha value is -2.38. The third kappa shape index (κ3) is 7.07. The van der Waals surface area contributed by atoms with E-state index < -0.39 is 15.9 Å². The molecular weight excluding hydrogens is 424 g/mol. The number of aryl methyl sites for hydroxylation is 1. The van der Waals surface area contributed by atoms with Crippen molar-refractivity contribution in [1.29, 1.82) is 0 Å². The van der Waals surface area contributed by atoms with Crippen LogP contribution in [-0.4, -0.2) is 38.4 Å². The fourth-order valence-electron chi connectivity index (χ4n) is 4.30. The van der Waals surface area contributed by atoms with Gasteiger partial charge in [0.1, 0.15) is 6.61 Å². The van der Waals surface area contributed by atoms with Gasteiger partial charge in [-0.15, -0.1) is 0 Å². The van der Waals surface area contributed by atoms with Crippen molar-refractivity contribution in [3.05, 3.63) is 65.7 Å². The van der Waals surface area contributed by atoms with Gasteiger partial charge in [-0.2, -0.15) is 0 Å². The van der Waals surface area contributed by atoms with E-state index in [0.717, 1.165) is 17.5 Å². The predicted octanol–water partition coefficient (Wildman–Crippen LogP) is 4.23. The first-order valence-electron chi connectivity index (χ1n) is 11.3. The molecule has 3 atom stereocenters. The van der Waals surface area contributed by atoms with Gasteiger partial charge in [0.15, 0.2) is 9.84 Å². The molecule has 3 unspecified atom stereocenters. The first-order chi connectivity index (χ1) is 15.2. The van der Waals surface area contributed by atoms with Crippen molar-refractivity contribution >= 4 is 15.9 Å². The van der Waals surface area contributed by atoms with Crippen LogP contribution in [-0.2, 0) is 21.2 Å². The third-order valence-corrected chi connectivity index (χ3v) is 7.74. The van der Waals surface area contributed by atoms with Crippen LogP contribution in [0.1, 0.15) is 44.2 Å². The Balaban J connectivity index is 1.68. The Kier molecular flexibility index (Phi) is 8.32. The second kappa shape index (κ2) is 11.0. The molecular formula is C25H34N2O4S. The Bertz CT molecular complexity index is 975. The lowest BCUT2D eigenvalue weighted by atomic mass is 9.82. The molecule has 2 N–H and O–H groups in total. The van der Waals surface area contributed by atoms with E-state index in [4.69, 9.17) is 4.74 Å². The van der Waals surface area contributed by atoms with Gasteiger partial charge in [0.2, 0.25) is 0 Å². The van der Waals surface area contributed by atoms with E-state index >= 15 is 0 Å². The molecule has 1 saturated carbocycles. The largest absolute Gasteiger partial charge is 0.445 e. The number of carbonyl (C=O) groups excluding carboxylic acids is 1. The summed E-state index contributed by atoms with van der Waals surface area (Å²) >= 11 is 0. The average Bonchev–Trinajstić information content (AvgIpc) is 2.74. The number of sulfone groups is 1. The number of benzene rings is 2. The maximum Gasteiger partial charge on any atom is 0.407 e.